The standard InChI is InChI=1S/C23H30ClN3O5S/c1-16-7-8-17(23(28)25-9-12-27-10-5-4-6-11-27)13-22(16)33(29,30)26-19-14-18(24)20(31-2)15-21(19)32-3/h7-8,13-15,26H,4-6,9-12H2,1-3H3,(H,25,28). The van der Waals surface area contributed by atoms with E-state index in [-0.39, 0.29) is 32.8 Å². The van der Waals surface area contributed by atoms with Crippen molar-refractivity contribution in [3.05, 3.63) is 46.5 Å². The number of sulfonamides is 1. The molecular weight excluding hydrogens is 466 g/mol. The highest BCUT2D eigenvalue weighted by Crippen LogP contribution is 2.37. The van der Waals surface area contributed by atoms with Crippen LogP contribution in [0, 0.1) is 6.92 Å². The minimum atomic E-state index is -4.02. The molecule has 0 bridgehead atoms. The summed E-state index contributed by atoms with van der Waals surface area (Å²) in [7, 11) is -1.15. The van der Waals surface area contributed by atoms with Gasteiger partial charge in [-0.15, -0.1) is 0 Å². The van der Waals surface area contributed by atoms with Crippen LogP contribution in [0.3, 0.4) is 0 Å². The number of likely N-dealkylation sites (tertiary alicyclic amines) is 1. The van der Waals surface area contributed by atoms with Gasteiger partial charge in [-0.05, 0) is 56.6 Å². The van der Waals surface area contributed by atoms with Crippen molar-refractivity contribution in [2.45, 2.75) is 31.1 Å². The lowest BCUT2D eigenvalue weighted by Crippen LogP contribution is -2.37. The summed E-state index contributed by atoms with van der Waals surface area (Å²) in [6.45, 7) is 5.06. The summed E-state index contributed by atoms with van der Waals surface area (Å²) in [4.78, 5) is 15.0. The highest BCUT2D eigenvalue weighted by atomic mass is 35.5. The first-order valence-electron chi connectivity index (χ1n) is 10.8. The summed E-state index contributed by atoms with van der Waals surface area (Å²) in [6, 6.07) is 7.54. The second-order valence-corrected chi connectivity index (χ2v) is 9.99. The number of halogens is 1. The number of rotatable bonds is 9. The molecule has 1 fully saturated rings. The summed E-state index contributed by atoms with van der Waals surface area (Å²) in [5.74, 6) is 0.300. The Morgan fingerprint density at radius 1 is 1.06 bits per heavy atom. The molecule has 2 N–H and O–H groups in total. The molecule has 180 valence electrons. The predicted octanol–water partition coefficient (Wildman–Crippen LogP) is 3.68. The summed E-state index contributed by atoms with van der Waals surface area (Å²) in [6.07, 6.45) is 3.63. The minimum Gasteiger partial charge on any atom is -0.495 e. The van der Waals surface area contributed by atoms with Crippen LogP contribution in [-0.4, -0.2) is 59.6 Å². The van der Waals surface area contributed by atoms with Crippen LogP contribution in [0.15, 0.2) is 35.2 Å². The Morgan fingerprint density at radius 3 is 2.42 bits per heavy atom. The van der Waals surface area contributed by atoms with Crippen molar-refractivity contribution in [3.63, 3.8) is 0 Å². The number of nitrogens with zero attached hydrogens (tertiary/aromatic N) is 1. The normalized spacial score (nSPS) is 14.5. The van der Waals surface area contributed by atoms with Gasteiger partial charge in [-0.3, -0.25) is 9.52 Å². The van der Waals surface area contributed by atoms with Gasteiger partial charge in [-0.1, -0.05) is 24.1 Å². The van der Waals surface area contributed by atoms with Crippen molar-refractivity contribution < 1.29 is 22.7 Å². The van der Waals surface area contributed by atoms with E-state index in [0.717, 1.165) is 19.6 Å². The van der Waals surface area contributed by atoms with Crippen LogP contribution < -0.4 is 19.5 Å². The first kappa shape index (κ1) is 25.1. The zero-order valence-electron chi connectivity index (χ0n) is 19.1. The van der Waals surface area contributed by atoms with Crippen LogP contribution in [0.25, 0.3) is 0 Å². The number of anilines is 1. The van der Waals surface area contributed by atoms with Crippen molar-refractivity contribution in [2.75, 3.05) is 45.1 Å². The van der Waals surface area contributed by atoms with E-state index < -0.39 is 10.0 Å². The number of carbonyl (C=O) groups excluding carboxylic acids is 1. The first-order chi connectivity index (χ1) is 15.7. The fourth-order valence-corrected chi connectivity index (χ4v) is 5.36. The van der Waals surface area contributed by atoms with E-state index in [0.29, 0.717) is 17.9 Å². The van der Waals surface area contributed by atoms with Crippen molar-refractivity contribution in [1.82, 2.24) is 10.2 Å². The zero-order valence-corrected chi connectivity index (χ0v) is 20.7. The molecule has 1 amide bonds. The van der Waals surface area contributed by atoms with Gasteiger partial charge < -0.3 is 19.7 Å². The minimum absolute atomic E-state index is 0.000161. The molecular formula is C23H30ClN3O5S. The van der Waals surface area contributed by atoms with E-state index in [2.05, 4.69) is 14.9 Å². The van der Waals surface area contributed by atoms with Gasteiger partial charge in [0.2, 0.25) is 0 Å². The summed E-state index contributed by atoms with van der Waals surface area (Å²) >= 11 is 6.16. The van der Waals surface area contributed by atoms with Gasteiger partial charge in [-0.2, -0.15) is 0 Å². The average molecular weight is 496 g/mol. The molecule has 1 heterocycles. The van der Waals surface area contributed by atoms with E-state index in [4.69, 9.17) is 21.1 Å². The van der Waals surface area contributed by atoms with E-state index in [9.17, 15) is 13.2 Å². The maximum Gasteiger partial charge on any atom is 0.262 e. The van der Waals surface area contributed by atoms with E-state index in [1.54, 1.807) is 19.1 Å². The van der Waals surface area contributed by atoms with Crippen molar-refractivity contribution in [1.29, 1.82) is 0 Å². The summed E-state index contributed by atoms with van der Waals surface area (Å²) in [5, 5.41) is 3.12. The first-order valence-corrected chi connectivity index (χ1v) is 12.7. The number of piperidine rings is 1. The third kappa shape index (κ3) is 6.31. The molecule has 0 saturated carbocycles. The highest BCUT2D eigenvalue weighted by Gasteiger charge is 2.22. The molecule has 0 spiro atoms. The Bertz CT molecular complexity index is 1100. The van der Waals surface area contributed by atoms with E-state index >= 15 is 0 Å². The second-order valence-electron chi connectivity index (χ2n) is 7.93. The molecule has 8 nitrogen and oxygen atoms in total. The molecule has 0 aliphatic carbocycles. The van der Waals surface area contributed by atoms with Gasteiger partial charge in [0.05, 0.1) is 29.8 Å². The monoisotopic (exact) mass is 495 g/mol. The molecule has 33 heavy (non-hydrogen) atoms. The molecule has 2 aromatic rings. The lowest BCUT2D eigenvalue weighted by atomic mass is 10.1. The Hall–Kier alpha value is -2.49. The highest BCUT2D eigenvalue weighted by molar-refractivity contribution is 7.92. The Labute approximate surface area is 200 Å². The molecule has 3 rings (SSSR count). The van der Waals surface area contributed by atoms with Crippen LogP contribution in [0.1, 0.15) is 35.2 Å². The zero-order chi connectivity index (χ0) is 24.0. The number of benzene rings is 2. The Morgan fingerprint density at radius 2 is 1.76 bits per heavy atom. The third-order valence-electron chi connectivity index (χ3n) is 5.62. The largest absolute Gasteiger partial charge is 0.495 e. The van der Waals surface area contributed by atoms with Crippen molar-refractivity contribution in [2.24, 2.45) is 0 Å². The number of aryl methyl sites for hydroxylation is 1. The lowest BCUT2D eigenvalue weighted by Gasteiger charge is -2.26. The quantitative estimate of drug-likeness (QED) is 0.550. The van der Waals surface area contributed by atoms with Gasteiger partial charge in [0.25, 0.3) is 15.9 Å². The van der Waals surface area contributed by atoms with Gasteiger partial charge in [0.15, 0.2) is 0 Å². The number of methoxy groups -OCH3 is 2. The van der Waals surface area contributed by atoms with E-state index in [1.165, 1.54) is 51.7 Å². The number of amides is 1. The number of hydrogen-bond donors (Lipinski definition) is 2. The van der Waals surface area contributed by atoms with Gasteiger partial charge in [0, 0.05) is 24.7 Å². The second kappa shape index (κ2) is 11.1. The van der Waals surface area contributed by atoms with Crippen LogP contribution in [0.5, 0.6) is 11.5 Å². The number of nitrogens with one attached hydrogen (secondary N) is 2. The average Bonchev–Trinajstić information content (AvgIpc) is 2.80. The maximum atomic E-state index is 13.2. The van der Waals surface area contributed by atoms with E-state index in [1.807, 2.05) is 0 Å². The summed E-state index contributed by atoms with van der Waals surface area (Å²) in [5.41, 5.74) is 0.948. The molecule has 0 unspecified atom stereocenters. The SMILES string of the molecule is COc1cc(OC)c(NS(=O)(=O)c2cc(C(=O)NCCN3CCCCC3)ccc2C)cc1Cl. The number of hydrogen-bond acceptors (Lipinski definition) is 6. The smallest absolute Gasteiger partial charge is 0.262 e. The summed E-state index contributed by atoms with van der Waals surface area (Å²) < 4.78 is 39.3. The molecule has 2 aromatic carbocycles. The fraction of sp³-hybridized carbons (Fsp3) is 0.435. The van der Waals surface area contributed by atoms with Gasteiger partial charge >= 0.3 is 0 Å². The van der Waals surface area contributed by atoms with Gasteiger partial charge in [-0.25, -0.2) is 8.42 Å². The Kier molecular flexibility index (Phi) is 8.45. The molecule has 1 saturated heterocycles. The molecule has 0 radical (unpaired) electrons. The van der Waals surface area contributed by atoms with Crippen molar-refractivity contribution >= 4 is 33.2 Å². The maximum absolute atomic E-state index is 13.2. The van der Waals surface area contributed by atoms with Gasteiger partial charge in [0.1, 0.15) is 11.5 Å². The van der Waals surface area contributed by atoms with Crippen LogP contribution in [0.4, 0.5) is 5.69 Å². The molecule has 0 atom stereocenters. The number of ether oxygens (including phenoxy) is 2. The lowest BCUT2D eigenvalue weighted by molar-refractivity contribution is 0.0946. The van der Waals surface area contributed by atoms with Crippen molar-refractivity contribution in [3.8, 4) is 11.5 Å². The van der Waals surface area contributed by atoms with Crippen LogP contribution >= 0.6 is 11.6 Å². The predicted molar refractivity (Wildman–Crippen MR) is 129 cm³/mol. The molecule has 1 aliphatic heterocycles. The third-order valence-corrected chi connectivity index (χ3v) is 7.42. The number of carbonyl (C=O) groups is 1. The molecule has 0 aromatic heterocycles. The molecule has 10 heteroatoms. The molecule has 1 aliphatic rings. The fourth-order valence-electron chi connectivity index (χ4n) is 3.78. The topological polar surface area (TPSA) is 97.0 Å². The Balaban J connectivity index is 1.76. The van der Waals surface area contributed by atoms with Crippen LogP contribution in [0.2, 0.25) is 5.02 Å². The van der Waals surface area contributed by atoms with Crippen LogP contribution in [-0.2, 0) is 10.0 Å².